The summed E-state index contributed by atoms with van der Waals surface area (Å²) in [7, 11) is 0. The van der Waals surface area contributed by atoms with Gasteiger partial charge in [0.1, 0.15) is 6.33 Å². The van der Waals surface area contributed by atoms with Crippen LogP contribution in [0.15, 0.2) is 23.8 Å². The minimum absolute atomic E-state index is 0.0454. The summed E-state index contributed by atoms with van der Waals surface area (Å²) in [5.41, 5.74) is 0.832. The van der Waals surface area contributed by atoms with Gasteiger partial charge < -0.3 is 5.11 Å². The number of hydrogen-bond acceptors (Lipinski definition) is 6. The maximum atomic E-state index is 10.6. The average Bonchev–Trinajstić information content (AvgIpc) is 3.09. The van der Waals surface area contributed by atoms with E-state index in [1.54, 1.807) is 0 Å². The zero-order valence-electron chi connectivity index (χ0n) is 9.53. The second-order valence-corrected chi connectivity index (χ2v) is 5.73. The lowest BCUT2D eigenvalue weighted by molar-refractivity contribution is -0.136. The van der Waals surface area contributed by atoms with Crippen LogP contribution in [0.3, 0.4) is 0 Å². The Balaban J connectivity index is 1.86. The normalized spacial score (nSPS) is 10.7. The molecule has 0 aliphatic carbocycles. The molecule has 0 aliphatic heterocycles. The number of carboxylic acids is 1. The van der Waals surface area contributed by atoms with Crippen molar-refractivity contribution in [2.45, 2.75) is 6.42 Å². The lowest BCUT2D eigenvalue weighted by Gasteiger charge is -1.90. The molecule has 0 radical (unpaired) electrons. The molecule has 0 aromatic carbocycles. The number of nitrogens with zero attached hydrogens (tertiary/aromatic N) is 3. The summed E-state index contributed by atoms with van der Waals surface area (Å²) in [6, 6.07) is 3.71. The summed E-state index contributed by atoms with van der Waals surface area (Å²) in [6.07, 6.45) is 1.48. The van der Waals surface area contributed by atoms with E-state index >= 15 is 0 Å². The highest BCUT2D eigenvalue weighted by molar-refractivity contribution is 7.16. The monoisotopic (exact) mass is 292 g/mol. The van der Waals surface area contributed by atoms with Crippen LogP contribution >= 0.6 is 22.7 Å². The Kier molecular flexibility index (Phi) is 3.10. The van der Waals surface area contributed by atoms with Gasteiger partial charge in [-0.05, 0) is 12.1 Å². The molecule has 0 bridgehead atoms. The summed E-state index contributed by atoms with van der Waals surface area (Å²) >= 11 is 2.91. The highest BCUT2D eigenvalue weighted by Crippen LogP contribution is 2.31. The maximum Gasteiger partial charge on any atom is 0.308 e. The molecule has 6 nitrogen and oxygen atoms in total. The van der Waals surface area contributed by atoms with Gasteiger partial charge in [-0.15, -0.1) is 22.7 Å². The Labute approximate surface area is 115 Å². The molecule has 0 saturated heterocycles. The van der Waals surface area contributed by atoms with Gasteiger partial charge in [-0.2, -0.15) is 5.10 Å². The first kappa shape index (κ1) is 12.0. The average molecular weight is 292 g/mol. The molecule has 3 aromatic heterocycles. The summed E-state index contributed by atoms with van der Waals surface area (Å²) in [5, 5.41) is 18.0. The first-order valence-electron chi connectivity index (χ1n) is 5.34. The van der Waals surface area contributed by atoms with E-state index in [1.807, 2.05) is 17.5 Å². The van der Waals surface area contributed by atoms with Crippen LogP contribution in [0.25, 0.3) is 21.4 Å². The third kappa shape index (κ3) is 2.54. The fraction of sp³-hybridized carbons (Fsp3) is 0.0909. The molecule has 0 saturated carbocycles. The van der Waals surface area contributed by atoms with E-state index in [2.05, 4.69) is 20.2 Å². The van der Waals surface area contributed by atoms with Crippen LogP contribution in [0.2, 0.25) is 0 Å². The number of carbonyl (C=O) groups is 1. The largest absolute Gasteiger partial charge is 0.481 e. The van der Waals surface area contributed by atoms with Gasteiger partial charge >= 0.3 is 5.97 Å². The third-order valence-electron chi connectivity index (χ3n) is 2.36. The SMILES string of the molecule is O=C(O)Cc1ccc(-c2csc(-c3ncn[nH]3)n2)s1. The van der Waals surface area contributed by atoms with Crippen molar-refractivity contribution in [2.75, 3.05) is 0 Å². The first-order chi connectivity index (χ1) is 9.22. The highest BCUT2D eigenvalue weighted by atomic mass is 32.1. The van der Waals surface area contributed by atoms with Gasteiger partial charge in [0.2, 0.25) is 0 Å². The topological polar surface area (TPSA) is 91.8 Å². The standard InChI is InChI=1S/C11H8N4O2S2/c16-9(17)3-6-1-2-8(19-6)7-4-18-11(14-7)10-12-5-13-15-10/h1-2,4-5H,3H2,(H,16,17)(H,12,13,15). The van der Waals surface area contributed by atoms with Crippen LogP contribution in [-0.4, -0.2) is 31.2 Å². The van der Waals surface area contributed by atoms with Gasteiger partial charge in [-0.25, -0.2) is 9.97 Å². The highest BCUT2D eigenvalue weighted by Gasteiger charge is 2.11. The second kappa shape index (κ2) is 4.90. The van der Waals surface area contributed by atoms with Crippen LogP contribution in [-0.2, 0) is 11.2 Å². The van der Waals surface area contributed by atoms with Gasteiger partial charge in [0.15, 0.2) is 10.8 Å². The van der Waals surface area contributed by atoms with Crippen molar-refractivity contribution in [1.82, 2.24) is 20.2 Å². The fourth-order valence-corrected chi connectivity index (χ4v) is 3.36. The van der Waals surface area contributed by atoms with E-state index in [1.165, 1.54) is 29.0 Å². The maximum absolute atomic E-state index is 10.6. The minimum atomic E-state index is -0.825. The zero-order valence-corrected chi connectivity index (χ0v) is 11.2. The number of carboxylic acid groups (broad SMARTS) is 1. The van der Waals surface area contributed by atoms with E-state index in [0.717, 1.165) is 20.5 Å². The summed E-state index contributed by atoms with van der Waals surface area (Å²) in [6.45, 7) is 0. The molecule has 0 amide bonds. The number of nitrogens with one attached hydrogen (secondary N) is 1. The number of hydrogen-bond donors (Lipinski definition) is 2. The minimum Gasteiger partial charge on any atom is -0.481 e. The zero-order chi connectivity index (χ0) is 13.2. The lowest BCUT2D eigenvalue weighted by Crippen LogP contribution is -1.96. The Bertz CT molecular complexity index is 702. The Morgan fingerprint density at radius 3 is 3.05 bits per heavy atom. The fourth-order valence-electron chi connectivity index (χ4n) is 1.56. The van der Waals surface area contributed by atoms with E-state index in [9.17, 15) is 4.79 Å². The lowest BCUT2D eigenvalue weighted by atomic mass is 10.3. The third-order valence-corrected chi connectivity index (χ3v) is 4.32. The smallest absolute Gasteiger partial charge is 0.308 e. The number of thiophene rings is 1. The van der Waals surface area contributed by atoms with Crippen LogP contribution in [0, 0.1) is 0 Å². The summed E-state index contributed by atoms with van der Waals surface area (Å²) in [4.78, 5) is 20.9. The van der Waals surface area contributed by atoms with E-state index in [4.69, 9.17) is 5.11 Å². The quantitative estimate of drug-likeness (QED) is 0.769. The molecule has 8 heteroatoms. The molecule has 0 unspecified atom stereocenters. The predicted octanol–water partition coefficient (Wildman–Crippen LogP) is 2.28. The van der Waals surface area contributed by atoms with E-state index in [0.29, 0.717) is 5.82 Å². The van der Waals surface area contributed by atoms with Crippen molar-refractivity contribution >= 4 is 28.6 Å². The van der Waals surface area contributed by atoms with Crippen molar-refractivity contribution in [3.05, 3.63) is 28.7 Å². The molecular weight excluding hydrogens is 284 g/mol. The Morgan fingerprint density at radius 1 is 1.42 bits per heavy atom. The van der Waals surface area contributed by atoms with E-state index in [-0.39, 0.29) is 6.42 Å². The number of H-pyrrole nitrogens is 1. The number of aromatic nitrogens is 4. The van der Waals surface area contributed by atoms with Crippen molar-refractivity contribution in [3.63, 3.8) is 0 Å². The van der Waals surface area contributed by atoms with Gasteiger partial charge in [-0.1, -0.05) is 0 Å². The molecular formula is C11H8N4O2S2. The predicted molar refractivity (Wildman–Crippen MR) is 72.1 cm³/mol. The first-order valence-corrected chi connectivity index (χ1v) is 7.04. The summed E-state index contributed by atoms with van der Waals surface area (Å²) in [5.74, 6) is -0.187. The molecule has 96 valence electrons. The van der Waals surface area contributed by atoms with Crippen LogP contribution in [0.4, 0.5) is 0 Å². The molecule has 3 heterocycles. The molecule has 3 rings (SSSR count). The molecule has 19 heavy (non-hydrogen) atoms. The van der Waals surface area contributed by atoms with E-state index < -0.39 is 5.97 Å². The van der Waals surface area contributed by atoms with Crippen LogP contribution < -0.4 is 0 Å². The molecule has 0 spiro atoms. The van der Waals surface area contributed by atoms with Crippen LogP contribution in [0.1, 0.15) is 4.88 Å². The van der Waals surface area contributed by atoms with Gasteiger partial charge in [-0.3, -0.25) is 9.89 Å². The molecule has 0 fully saturated rings. The molecule has 0 atom stereocenters. The Morgan fingerprint density at radius 2 is 2.32 bits per heavy atom. The molecule has 3 aromatic rings. The summed E-state index contributed by atoms with van der Waals surface area (Å²) < 4.78 is 0. The van der Waals surface area contributed by atoms with Crippen molar-refractivity contribution in [1.29, 1.82) is 0 Å². The van der Waals surface area contributed by atoms with Crippen molar-refractivity contribution < 1.29 is 9.90 Å². The van der Waals surface area contributed by atoms with Crippen molar-refractivity contribution in [2.24, 2.45) is 0 Å². The number of aromatic amines is 1. The number of thiazole rings is 1. The second-order valence-electron chi connectivity index (χ2n) is 3.71. The van der Waals surface area contributed by atoms with Gasteiger partial charge in [0, 0.05) is 10.3 Å². The number of aliphatic carboxylic acids is 1. The number of rotatable bonds is 4. The molecule has 0 aliphatic rings. The van der Waals surface area contributed by atoms with Crippen molar-refractivity contribution in [3.8, 4) is 21.4 Å². The molecule has 2 N–H and O–H groups in total. The van der Waals surface area contributed by atoms with Gasteiger partial charge in [0.05, 0.1) is 17.0 Å². The van der Waals surface area contributed by atoms with Gasteiger partial charge in [0.25, 0.3) is 0 Å². The van der Waals surface area contributed by atoms with Crippen LogP contribution in [0.5, 0.6) is 0 Å². The Hall–Kier alpha value is -2.06.